The predicted molar refractivity (Wildman–Crippen MR) is 124 cm³/mol. The van der Waals surface area contributed by atoms with Crippen molar-refractivity contribution < 1.29 is 0 Å². The minimum absolute atomic E-state index is 0.0404. The summed E-state index contributed by atoms with van der Waals surface area (Å²) in [6.07, 6.45) is 0. The number of aliphatic imine (C=N–C) groups is 1. The van der Waals surface area contributed by atoms with Crippen molar-refractivity contribution in [2.75, 3.05) is 36.0 Å². The summed E-state index contributed by atoms with van der Waals surface area (Å²) in [4.78, 5) is 14.1. The second-order valence-electron chi connectivity index (χ2n) is 8.09. The fourth-order valence-electron chi connectivity index (χ4n) is 3.51. The Bertz CT molecular complexity index is 1020. The fourth-order valence-corrected chi connectivity index (χ4v) is 4.65. The highest BCUT2D eigenvalue weighted by Crippen LogP contribution is 2.38. The van der Waals surface area contributed by atoms with Gasteiger partial charge in [0, 0.05) is 37.3 Å². The molecule has 1 saturated heterocycles. The Labute approximate surface area is 175 Å². The summed E-state index contributed by atoms with van der Waals surface area (Å²) in [5, 5.41) is 3.70. The van der Waals surface area contributed by atoms with Gasteiger partial charge in [0.25, 0.3) is 0 Å². The lowest BCUT2D eigenvalue weighted by atomic mass is 9.98. The van der Waals surface area contributed by atoms with Crippen LogP contribution in [0.2, 0.25) is 0 Å². The normalized spacial score (nSPS) is 15.0. The molecule has 0 unspecified atom stereocenters. The molecule has 0 bridgehead atoms. The molecule has 4 nitrogen and oxygen atoms in total. The van der Waals surface area contributed by atoms with E-state index in [1.807, 2.05) is 0 Å². The van der Waals surface area contributed by atoms with Crippen molar-refractivity contribution >= 4 is 56.0 Å². The van der Waals surface area contributed by atoms with Crippen molar-refractivity contribution in [3.63, 3.8) is 0 Å². The summed E-state index contributed by atoms with van der Waals surface area (Å²) >= 11 is 6.65. The molecule has 2 heterocycles. The Balaban J connectivity index is 1.64. The van der Waals surface area contributed by atoms with Gasteiger partial charge in [-0.3, -0.25) is 0 Å². The van der Waals surface area contributed by atoms with E-state index in [9.17, 15) is 0 Å². The van der Waals surface area contributed by atoms with Crippen LogP contribution in [-0.2, 0) is 5.41 Å². The van der Waals surface area contributed by atoms with Crippen molar-refractivity contribution in [2.45, 2.75) is 26.2 Å². The first-order valence-corrected chi connectivity index (χ1v) is 10.8. The van der Waals surface area contributed by atoms with Crippen molar-refractivity contribution in [2.24, 2.45) is 4.99 Å². The Morgan fingerprint density at radius 3 is 2.36 bits per heavy atom. The van der Waals surface area contributed by atoms with Crippen LogP contribution in [0.4, 0.5) is 17.1 Å². The summed E-state index contributed by atoms with van der Waals surface area (Å²) < 4.78 is 1.15. The maximum atomic E-state index is 4.91. The molecule has 0 N–H and O–H groups in total. The van der Waals surface area contributed by atoms with E-state index >= 15 is 0 Å². The van der Waals surface area contributed by atoms with Crippen LogP contribution < -0.4 is 9.80 Å². The Hall–Kier alpha value is -2.27. The zero-order chi connectivity index (χ0) is 19.7. The molecule has 1 aliphatic heterocycles. The molecule has 144 valence electrons. The van der Waals surface area contributed by atoms with Gasteiger partial charge < -0.3 is 9.80 Å². The lowest BCUT2D eigenvalue weighted by molar-refractivity contribution is 0.587. The van der Waals surface area contributed by atoms with Gasteiger partial charge in [-0.15, -0.1) is 11.3 Å². The molecule has 0 aliphatic carbocycles. The van der Waals surface area contributed by atoms with E-state index in [-0.39, 0.29) is 5.41 Å². The molecule has 0 amide bonds. The summed E-state index contributed by atoms with van der Waals surface area (Å²) in [5.74, 6) is 0. The van der Waals surface area contributed by atoms with Crippen LogP contribution in [0.15, 0.2) is 47.5 Å². The van der Waals surface area contributed by atoms with Crippen LogP contribution in [0, 0.1) is 0 Å². The molecule has 0 spiro atoms. The topological polar surface area (TPSA) is 31.7 Å². The number of nitrogens with zero attached hydrogens (tertiary/aromatic N) is 4. The third kappa shape index (κ3) is 3.81. The minimum Gasteiger partial charge on any atom is -0.368 e. The van der Waals surface area contributed by atoms with E-state index in [1.165, 1.54) is 5.69 Å². The fraction of sp³-hybridized carbons (Fsp3) is 0.364. The van der Waals surface area contributed by atoms with Gasteiger partial charge in [-0.2, -0.15) is 4.99 Å². The van der Waals surface area contributed by atoms with Crippen LogP contribution in [0.5, 0.6) is 0 Å². The molecule has 1 aliphatic rings. The second-order valence-corrected chi connectivity index (χ2v) is 9.30. The predicted octanol–water partition coefficient (Wildman–Crippen LogP) is 5.65. The minimum atomic E-state index is 0.0404. The summed E-state index contributed by atoms with van der Waals surface area (Å²) in [6, 6.07) is 14.9. The van der Waals surface area contributed by atoms with Crippen LogP contribution >= 0.6 is 23.6 Å². The zero-order valence-corrected chi connectivity index (χ0v) is 18.1. The van der Waals surface area contributed by atoms with Crippen molar-refractivity contribution in [3.05, 3.63) is 47.5 Å². The number of para-hydroxylation sites is 1. The first kappa shape index (κ1) is 19.1. The van der Waals surface area contributed by atoms with Gasteiger partial charge in [-0.25, -0.2) is 4.98 Å². The molecule has 3 aromatic rings. The Morgan fingerprint density at radius 2 is 1.71 bits per heavy atom. The smallest absolute Gasteiger partial charge is 0.0992 e. The van der Waals surface area contributed by atoms with Crippen molar-refractivity contribution in [1.29, 1.82) is 0 Å². The van der Waals surface area contributed by atoms with E-state index in [0.29, 0.717) is 0 Å². The quantitative estimate of drug-likeness (QED) is 0.414. The molecule has 28 heavy (non-hydrogen) atoms. The van der Waals surface area contributed by atoms with Gasteiger partial charge in [0.1, 0.15) is 0 Å². The van der Waals surface area contributed by atoms with Gasteiger partial charge in [-0.1, -0.05) is 39.0 Å². The molecular formula is C22H24N4S2. The maximum Gasteiger partial charge on any atom is 0.0992 e. The van der Waals surface area contributed by atoms with Crippen molar-refractivity contribution in [3.8, 4) is 0 Å². The number of isothiocyanates is 1. The molecule has 1 aromatic heterocycles. The van der Waals surface area contributed by atoms with Crippen LogP contribution in [0.25, 0.3) is 10.2 Å². The largest absolute Gasteiger partial charge is 0.368 e. The van der Waals surface area contributed by atoms with Gasteiger partial charge in [0.2, 0.25) is 0 Å². The standard InChI is InChI=1S/C22H24N4S2/c1-22(2,3)21-24-18-13-19(17(23-15-27)14-20(18)28-21)26-11-9-25(10-12-26)16-7-5-4-6-8-16/h4-8,13-14H,9-12H2,1-3H3. The Kier molecular flexibility index (Phi) is 5.19. The summed E-state index contributed by atoms with van der Waals surface area (Å²) in [6.45, 7) is 10.4. The highest BCUT2D eigenvalue weighted by Gasteiger charge is 2.23. The SMILES string of the molecule is CC(C)(C)c1nc2cc(N3CCN(c4ccccc4)CC3)c(N=C=S)cc2s1. The average molecular weight is 409 g/mol. The van der Waals surface area contributed by atoms with E-state index in [4.69, 9.17) is 17.2 Å². The highest BCUT2D eigenvalue weighted by molar-refractivity contribution is 7.78. The Morgan fingerprint density at radius 1 is 1.04 bits per heavy atom. The lowest BCUT2D eigenvalue weighted by Crippen LogP contribution is -2.46. The zero-order valence-electron chi connectivity index (χ0n) is 16.5. The number of aromatic nitrogens is 1. The van der Waals surface area contributed by atoms with E-state index in [0.717, 1.165) is 52.8 Å². The number of hydrogen-bond acceptors (Lipinski definition) is 6. The summed E-state index contributed by atoms with van der Waals surface area (Å²) in [7, 11) is 0. The van der Waals surface area contributed by atoms with Crippen molar-refractivity contribution in [1.82, 2.24) is 4.98 Å². The lowest BCUT2D eigenvalue weighted by Gasteiger charge is -2.37. The second kappa shape index (κ2) is 7.63. The number of anilines is 2. The average Bonchev–Trinajstić information content (AvgIpc) is 3.12. The van der Waals surface area contributed by atoms with Gasteiger partial charge in [0.05, 0.1) is 31.8 Å². The van der Waals surface area contributed by atoms with Crippen LogP contribution in [0.1, 0.15) is 25.8 Å². The molecule has 2 aromatic carbocycles. The number of thiocarbonyl (C=S) groups is 1. The van der Waals surface area contributed by atoms with Gasteiger partial charge >= 0.3 is 0 Å². The van der Waals surface area contributed by atoms with E-state index in [1.54, 1.807) is 11.3 Å². The van der Waals surface area contributed by atoms with Crippen LogP contribution in [-0.4, -0.2) is 36.3 Å². The number of piperazine rings is 1. The molecule has 6 heteroatoms. The number of rotatable bonds is 3. The number of hydrogen-bond donors (Lipinski definition) is 0. The molecule has 4 rings (SSSR count). The first-order valence-electron chi connectivity index (χ1n) is 9.53. The van der Waals surface area contributed by atoms with Gasteiger partial charge in [-0.05, 0) is 36.5 Å². The van der Waals surface area contributed by atoms with Gasteiger partial charge in [0.15, 0.2) is 0 Å². The van der Waals surface area contributed by atoms with Crippen LogP contribution in [0.3, 0.4) is 0 Å². The molecular weight excluding hydrogens is 384 g/mol. The monoisotopic (exact) mass is 408 g/mol. The first-order chi connectivity index (χ1) is 13.5. The molecule has 0 radical (unpaired) electrons. The maximum absolute atomic E-state index is 4.91. The third-order valence-electron chi connectivity index (χ3n) is 5.03. The number of thiazole rings is 1. The summed E-state index contributed by atoms with van der Waals surface area (Å²) in [5.41, 5.74) is 4.35. The highest BCUT2D eigenvalue weighted by atomic mass is 32.1. The molecule has 1 fully saturated rings. The third-order valence-corrected chi connectivity index (χ3v) is 6.57. The molecule has 0 atom stereocenters. The van der Waals surface area contributed by atoms with E-state index in [2.05, 4.69) is 83.2 Å². The molecule has 0 saturated carbocycles. The number of fused-ring (bicyclic) bond motifs is 1. The number of benzene rings is 2. The van der Waals surface area contributed by atoms with E-state index < -0.39 is 0 Å².